The molecule has 0 radical (unpaired) electrons. The summed E-state index contributed by atoms with van der Waals surface area (Å²) in [5.41, 5.74) is 2.92. The first kappa shape index (κ1) is 19.9. The average molecular weight is 397 g/mol. The summed E-state index contributed by atoms with van der Waals surface area (Å²) in [6, 6.07) is 15.9. The van der Waals surface area contributed by atoms with E-state index in [1.165, 1.54) is 16.9 Å². The second kappa shape index (κ2) is 9.37. The monoisotopic (exact) mass is 396 g/mol. The molecule has 1 atom stereocenters. The summed E-state index contributed by atoms with van der Waals surface area (Å²) >= 11 is 1.51. The first-order valence-corrected chi connectivity index (χ1v) is 9.97. The highest BCUT2D eigenvalue weighted by Crippen LogP contribution is 2.33. The van der Waals surface area contributed by atoms with E-state index in [2.05, 4.69) is 29.4 Å². The van der Waals surface area contributed by atoms with Crippen molar-refractivity contribution < 1.29 is 14.3 Å². The number of hydrogen-bond donors (Lipinski definition) is 1. The lowest BCUT2D eigenvalue weighted by molar-refractivity contribution is -0.120. The second-order valence-electron chi connectivity index (χ2n) is 6.51. The van der Waals surface area contributed by atoms with Crippen LogP contribution in [0, 0.1) is 0 Å². The predicted octanol–water partition coefficient (Wildman–Crippen LogP) is 4.29. The van der Waals surface area contributed by atoms with Crippen LogP contribution < -0.4 is 14.8 Å². The van der Waals surface area contributed by atoms with Crippen molar-refractivity contribution in [2.75, 3.05) is 20.8 Å². The Kier molecular flexibility index (Phi) is 6.66. The van der Waals surface area contributed by atoms with Crippen LogP contribution in [0.4, 0.5) is 0 Å². The molecule has 0 aliphatic rings. The summed E-state index contributed by atoms with van der Waals surface area (Å²) in [7, 11) is 3.21. The van der Waals surface area contributed by atoms with Gasteiger partial charge < -0.3 is 14.8 Å². The van der Waals surface area contributed by atoms with Crippen molar-refractivity contribution >= 4 is 17.2 Å². The average Bonchev–Trinajstić information content (AvgIpc) is 3.20. The summed E-state index contributed by atoms with van der Waals surface area (Å²) < 4.78 is 10.6. The smallest absolute Gasteiger partial charge is 0.226 e. The molecule has 2 aromatic carbocycles. The van der Waals surface area contributed by atoms with Gasteiger partial charge in [0, 0.05) is 17.5 Å². The third-order valence-electron chi connectivity index (χ3n) is 4.50. The number of nitrogens with zero attached hydrogens (tertiary/aromatic N) is 1. The Morgan fingerprint density at radius 1 is 1.11 bits per heavy atom. The first-order valence-electron chi connectivity index (χ1n) is 9.09. The van der Waals surface area contributed by atoms with Crippen molar-refractivity contribution in [3.8, 4) is 22.1 Å². The molecule has 0 saturated heterocycles. The van der Waals surface area contributed by atoms with Crippen molar-refractivity contribution in [1.29, 1.82) is 0 Å². The van der Waals surface area contributed by atoms with Gasteiger partial charge in [-0.05, 0) is 29.7 Å². The number of amides is 1. The molecular weight excluding hydrogens is 372 g/mol. The number of aromatic nitrogens is 1. The van der Waals surface area contributed by atoms with Crippen molar-refractivity contribution in [2.45, 2.75) is 19.3 Å². The Bertz CT molecular complexity index is 925. The van der Waals surface area contributed by atoms with Gasteiger partial charge >= 0.3 is 0 Å². The van der Waals surface area contributed by atoms with Crippen LogP contribution in [0.2, 0.25) is 0 Å². The summed E-state index contributed by atoms with van der Waals surface area (Å²) in [6.45, 7) is 2.71. The quantitative estimate of drug-likeness (QED) is 0.617. The van der Waals surface area contributed by atoms with E-state index in [1.807, 2.05) is 41.8 Å². The zero-order chi connectivity index (χ0) is 19.9. The van der Waals surface area contributed by atoms with Crippen LogP contribution in [0.5, 0.6) is 11.5 Å². The number of rotatable bonds is 8. The molecule has 0 aliphatic carbocycles. The molecule has 3 aromatic rings. The van der Waals surface area contributed by atoms with Crippen LogP contribution >= 0.6 is 11.3 Å². The zero-order valence-corrected chi connectivity index (χ0v) is 17.1. The maximum atomic E-state index is 12.3. The Morgan fingerprint density at radius 2 is 1.86 bits per heavy atom. The molecule has 0 spiro atoms. The van der Waals surface area contributed by atoms with E-state index in [-0.39, 0.29) is 18.2 Å². The Labute approximate surface area is 169 Å². The van der Waals surface area contributed by atoms with E-state index >= 15 is 0 Å². The van der Waals surface area contributed by atoms with E-state index in [1.54, 1.807) is 14.2 Å². The van der Waals surface area contributed by atoms with Gasteiger partial charge in [-0.1, -0.05) is 37.3 Å². The predicted molar refractivity (Wildman–Crippen MR) is 112 cm³/mol. The minimum Gasteiger partial charge on any atom is -0.493 e. The number of carbonyl (C=O) groups is 1. The fraction of sp³-hybridized carbons (Fsp3) is 0.273. The van der Waals surface area contributed by atoms with E-state index in [0.29, 0.717) is 18.0 Å². The van der Waals surface area contributed by atoms with Gasteiger partial charge in [-0.25, -0.2) is 4.98 Å². The largest absolute Gasteiger partial charge is 0.493 e. The van der Waals surface area contributed by atoms with Crippen LogP contribution in [0.1, 0.15) is 24.1 Å². The maximum Gasteiger partial charge on any atom is 0.226 e. The van der Waals surface area contributed by atoms with E-state index < -0.39 is 0 Å². The molecule has 0 fully saturated rings. The van der Waals surface area contributed by atoms with Gasteiger partial charge in [0.05, 0.1) is 26.3 Å². The SMILES string of the molecule is COc1ccc(-c2nc(CC(=O)NCC(C)c3ccccc3)cs2)cc1OC. The molecule has 1 aromatic heterocycles. The van der Waals surface area contributed by atoms with Gasteiger partial charge in [-0.15, -0.1) is 11.3 Å². The number of benzene rings is 2. The third-order valence-corrected chi connectivity index (χ3v) is 5.44. The number of carbonyl (C=O) groups excluding carboxylic acids is 1. The lowest BCUT2D eigenvalue weighted by Crippen LogP contribution is -2.28. The van der Waals surface area contributed by atoms with Gasteiger partial charge in [0.15, 0.2) is 11.5 Å². The highest BCUT2D eigenvalue weighted by molar-refractivity contribution is 7.13. The number of ether oxygens (including phenoxy) is 2. The molecule has 0 saturated carbocycles. The normalized spacial score (nSPS) is 11.7. The molecule has 1 heterocycles. The van der Waals surface area contributed by atoms with Crippen molar-refractivity contribution in [2.24, 2.45) is 0 Å². The molecule has 5 nitrogen and oxygen atoms in total. The highest BCUT2D eigenvalue weighted by Gasteiger charge is 2.13. The summed E-state index contributed by atoms with van der Waals surface area (Å²) in [4.78, 5) is 16.9. The van der Waals surface area contributed by atoms with E-state index in [0.717, 1.165) is 16.3 Å². The fourth-order valence-corrected chi connectivity index (χ4v) is 3.70. The Hall–Kier alpha value is -2.86. The van der Waals surface area contributed by atoms with Crippen molar-refractivity contribution in [1.82, 2.24) is 10.3 Å². The van der Waals surface area contributed by atoms with Crippen LogP contribution in [0.3, 0.4) is 0 Å². The number of methoxy groups -OCH3 is 2. The maximum absolute atomic E-state index is 12.3. The molecule has 0 aliphatic heterocycles. The standard InChI is InChI=1S/C22H24N2O3S/c1-15(16-7-5-4-6-8-16)13-23-21(25)12-18-14-28-22(24-18)17-9-10-19(26-2)20(11-17)27-3/h4-11,14-15H,12-13H2,1-3H3,(H,23,25). The molecule has 0 bridgehead atoms. The minimum absolute atomic E-state index is 0.0213. The van der Waals surface area contributed by atoms with Crippen LogP contribution in [0.15, 0.2) is 53.9 Å². The lowest BCUT2D eigenvalue weighted by atomic mass is 10.0. The Balaban J connectivity index is 1.59. The molecule has 6 heteroatoms. The van der Waals surface area contributed by atoms with Gasteiger partial charge in [-0.3, -0.25) is 4.79 Å². The minimum atomic E-state index is -0.0213. The number of thiazole rings is 1. The van der Waals surface area contributed by atoms with Gasteiger partial charge in [0.25, 0.3) is 0 Å². The molecule has 3 rings (SSSR count). The van der Waals surface area contributed by atoms with E-state index in [4.69, 9.17) is 9.47 Å². The van der Waals surface area contributed by atoms with Gasteiger partial charge in [0.2, 0.25) is 5.91 Å². The van der Waals surface area contributed by atoms with Crippen LogP contribution in [0.25, 0.3) is 10.6 Å². The van der Waals surface area contributed by atoms with Gasteiger partial charge in [0.1, 0.15) is 5.01 Å². The molecule has 1 N–H and O–H groups in total. The highest BCUT2D eigenvalue weighted by atomic mass is 32.1. The summed E-state index contributed by atoms with van der Waals surface area (Å²) in [5, 5.41) is 5.77. The number of hydrogen-bond acceptors (Lipinski definition) is 5. The zero-order valence-electron chi connectivity index (χ0n) is 16.3. The molecule has 1 amide bonds. The summed E-state index contributed by atoms with van der Waals surface area (Å²) in [6.07, 6.45) is 0.269. The lowest BCUT2D eigenvalue weighted by Gasteiger charge is -2.12. The first-order chi connectivity index (χ1) is 13.6. The van der Waals surface area contributed by atoms with Gasteiger partial charge in [-0.2, -0.15) is 0 Å². The molecule has 146 valence electrons. The summed E-state index contributed by atoms with van der Waals surface area (Å²) in [5.74, 6) is 1.58. The Morgan fingerprint density at radius 3 is 2.57 bits per heavy atom. The third kappa shape index (κ3) is 4.89. The molecular formula is C22H24N2O3S. The molecule has 1 unspecified atom stereocenters. The molecule has 28 heavy (non-hydrogen) atoms. The van der Waals surface area contributed by atoms with Crippen LogP contribution in [-0.4, -0.2) is 31.7 Å². The van der Waals surface area contributed by atoms with Crippen LogP contribution in [-0.2, 0) is 11.2 Å². The van der Waals surface area contributed by atoms with Crippen molar-refractivity contribution in [3.63, 3.8) is 0 Å². The second-order valence-corrected chi connectivity index (χ2v) is 7.36. The van der Waals surface area contributed by atoms with Crippen molar-refractivity contribution in [3.05, 3.63) is 65.2 Å². The topological polar surface area (TPSA) is 60.5 Å². The van der Waals surface area contributed by atoms with E-state index in [9.17, 15) is 4.79 Å². The number of nitrogens with one attached hydrogen (secondary N) is 1. The fourth-order valence-electron chi connectivity index (χ4n) is 2.88.